The summed E-state index contributed by atoms with van der Waals surface area (Å²) in [5.41, 5.74) is 1.70. The summed E-state index contributed by atoms with van der Waals surface area (Å²) in [6.07, 6.45) is 4.05. The van der Waals surface area contributed by atoms with Crippen LogP contribution in [0, 0.1) is 0 Å². The molecule has 1 aliphatic carbocycles. The van der Waals surface area contributed by atoms with Crippen LogP contribution in [-0.4, -0.2) is 43.8 Å². The number of carbonyl (C=O) groups excluding carboxylic acids is 2. The smallest absolute Gasteiger partial charge is 0.264 e. The Hall–Kier alpha value is -3.37. The van der Waals surface area contributed by atoms with Crippen LogP contribution in [0.1, 0.15) is 36.8 Å². The molecule has 0 spiro atoms. The number of hydrogen-bond acceptors (Lipinski definition) is 4. The maximum Gasteiger partial charge on any atom is 0.264 e. The van der Waals surface area contributed by atoms with Gasteiger partial charge in [0.25, 0.3) is 10.0 Å². The van der Waals surface area contributed by atoms with E-state index < -0.39 is 28.5 Å². The molecule has 0 saturated heterocycles. The van der Waals surface area contributed by atoms with Crippen LogP contribution in [0.15, 0.2) is 112 Å². The first-order chi connectivity index (χ1) is 22.1. The van der Waals surface area contributed by atoms with Gasteiger partial charge in [0, 0.05) is 28.5 Å². The molecule has 1 aliphatic rings. The normalized spacial score (nSPS) is 14.1. The molecule has 4 aromatic carbocycles. The SMILES string of the molecule is O=C(NC1CCCC1)[C@@H](Cc1ccccc1)N(Cc1cccc(Br)c1)C(=O)CN(c1cc(Cl)ccc1Cl)S(=O)(=O)c1ccccc1. The first-order valence-corrected chi connectivity index (χ1v) is 18.0. The molecule has 0 aromatic heterocycles. The van der Waals surface area contributed by atoms with Crippen LogP contribution in [0.4, 0.5) is 5.69 Å². The molecule has 0 bridgehead atoms. The number of carbonyl (C=O) groups is 2. The van der Waals surface area contributed by atoms with Crippen LogP contribution in [0.2, 0.25) is 10.0 Å². The summed E-state index contributed by atoms with van der Waals surface area (Å²) in [7, 11) is -4.29. The van der Waals surface area contributed by atoms with Gasteiger partial charge in [-0.1, -0.05) is 113 Å². The number of rotatable bonds is 12. The number of benzene rings is 4. The lowest BCUT2D eigenvalue weighted by molar-refractivity contribution is -0.140. The molecule has 240 valence electrons. The molecule has 1 saturated carbocycles. The van der Waals surface area contributed by atoms with E-state index in [4.69, 9.17) is 23.2 Å². The molecule has 0 unspecified atom stereocenters. The van der Waals surface area contributed by atoms with Gasteiger partial charge in [0.05, 0.1) is 15.6 Å². The van der Waals surface area contributed by atoms with Crippen molar-refractivity contribution in [2.45, 2.75) is 55.6 Å². The molecule has 0 heterocycles. The van der Waals surface area contributed by atoms with Crippen LogP contribution in [0.3, 0.4) is 0 Å². The highest BCUT2D eigenvalue weighted by Crippen LogP contribution is 2.33. The summed E-state index contributed by atoms with van der Waals surface area (Å²) >= 11 is 16.4. The van der Waals surface area contributed by atoms with Crippen molar-refractivity contribution in [1.82, 2.24) is 10.2 Å². The standard InChI is InChI=1S/C35H34BrCl2N3O4S/c36-27-13-9-12-26(20-27)23-40(33(21-25-10-3-1-4-11-25)35(43)39-29-14-7-8-15-29)34(42)24-41(32-22-28(37)18-19-31(32)38)46(44,45)30-16-5-2-6-17-30/h1-6,9-13,16-20,22,29,33H,7-8,14-15,21,23-24H2,(H,39,43)/t33-/m1/s1. The Balaban J connectivity index is 1.58. The van der Waals surface area contributed by atoms with Crippen molar-refractivity contribution in [2.75, 3.05) is 10.8 Å². The third kappa shape index (κ3) is 8.50. The van der Waals surface area contributed by atoms with Crippen molar-refractivity contribution < 1.29 is 18.0 Å². The number of amides is 2. The lowest BCUT2D eigenvalue weighted by Crippen LogP contribution is -2.54. The van der Waals surface area contributed by atoms with Crippen molar-refractivity contribution in [2.24, 2.45) is 0 Å². The Labute approximate surface area is 288 Å². The summed E-state index contributed by atoms with van der Waals surface area (Å²) in [5, 5.41) is 3.54. The fourth-order valence-corrected chi connectivity index (χ4v) is 7.99. The van der Waals surface area contributed by atoms with Crippen molar-refractivity contribution in [3.8, 4) is 0 Å². The molecule has 11 heteroatoms. The van der Waals surface area contributed by atoms with Crippen molar-refractivity contribution >= 4 is 66.7 Å². The Kier molecular flexibility index (Phi) is 11.4. The number of anilines is 1. The highest BCUT2D eigenvalue weighted by molar-refractivity contribution is 9.10. The Bertz CT molecular complexity index is 1770. The lowest BCUT2D eigenvalue weighted by atomic mass is 10.0. The van der Waals surface area contributed by atoms with E-state index in [2.05, 4.69) is 21.2 Å². The third-order valence-corrected chi connectivity index (χ3v) is 10.8. The minimum absolute atomic E-state index is 0.0165. The average molecular weight is 744 g/mol. The van der Waals surface area contributed by atoms with Gasteiger partial charge in [-0.15, -0.1) is 0 Å². The number of nitrogens with zero attached hydrogens (tertiary/aromatic N) is 2. The Morgan fingerprint density at radius 1 is 0.848 bits per heavy atom. The topological polar surface area (TPSA) is 86.8 Å². The molecule has 4 aromatic rings. The molecule has 0 radical (unpaired) electrons. The predicted octanol–water partition coefficient (Wildman–Crippen LogP) is 7.65. The lowest BCUT2D eigenvalue weighted by Gasteiger charge is -2.34. The maximum atomic E-state index is 14.6. The van der Waals surface area contributed by atoms with E-state index in [0.29, 0.717) is 0 Å². The largest absolute Gasteiger partial charge is 0.352 e. The van der Waals surface area contributed by atoms with Gasteiger partial charge in [-0.05, 0) is 66.4 Å². The zero-order valence-corrected chi connectivity index (χ0v) is 28.9. The third-order valence-electron chi connectivity index (χ3n) is 8.00. The Morgan fingerprint density at radius 3 is 2.17 bits per heavy atom. The molecule has 2 amide bonds. The van der Waals surface area contributed by atoms with Gasteiger partial charge in [-0.25, -0.2) is 8.42 Å². The molecule has 1 atom stereocenters. The Morgan fingerprint density at radius 2 is 1.50 bits per heavy atom. The molecular weight excluding hydrogens is 709 g/mol. The fourth-order valence-electron chi connectivity index (χ4n) is 5.66. The van der Waals surface area contributed by atoms with Gasteiger partial charge in [-0.3, -0.25) is 13.9 Å². The highest BCUT2D eigenvalue weighted by Gasteiger charge is 2.36. The van der Waals surface area contributed by atoms with E-state index in [1.807, 2.05) is 54.6 Å². The monoisotopic (exact) mass is 741 g/mol. The second-order valence-electron chi connectivity index (χ2n) is 11.3. The molecular formula is C35H34BrCl2N3O4S. The second-order valence-corrected chi connectivity index (χ2v) is 14.9. The molecule has 0 aliphatic heterocycles. The summed E-state index contributed by atoms with van der Waals surface area (Å²) in [4.78, 5) is 30.2. The van der Waals surface area contributed by atoms with E-state index in [0.717, 1.165) is 45.6 Å². The number of halogens is 3. The average Bonchev–Trinajstić information content (AvgIpc) is 3.56. The van der Waals surface area contributed by atoms with Gasteiger partial charge < -0.3 is 10.2 Å². The first-order valence-electron chi connectivity index (χ1n) is 15.0. The van der Waals surface area contributed by atoms with Crippen LogP contribution in [0.5, 0.6) is 0 Å². The van der Waals surface area contributed by atoms with Gasteiger partial charge in [0.1, 0.15) is 12.6 Å². The van der Waals surface area contributed by atoms with Gasteiger partial charge in [0.2, 0.25) is 11.8 Å². The van der Waals surface area contributed by atoms with Gasteiger partial charge in [-0.2, -0.15) is 0 Å². The van der Waals surface area contributed by atoms with E-state index >= 15 is 0 Å². The molecule has 7 nitrogen and oxygen atoms in total. The van der Waals surface area contributed by atoms with Gasteiger partial charge in [0.15, 0.2) is 0 Å². The molecule has 1 N–H and O–H groups in total. The van der Waals surface area contributed by atoms with Crippen LogP contribution < -0.4 is 9.62 Å². The summed E-state index contributed by atoms with van der Waals surface area (Å²) in [6, 6.07) is 28.3. The van der Waals surface area contributed by atoms with Crippen LogP contribution in [0.25, 0.3) is 0 Å². The zero-order valence-electron chi connectivity index (χ0n) is 25.0. The second kappa shape index (κ2) is 15.5. The van der Waals surface area contributed by atoms with E-state index in [1.54, 1.807) is 24.3 Å². The maximum absolute atomic E-state index is 14.6. The molecule has 1 fully saturated rings. The summed E-state index contributed by atoms with van der Waals surface area (Å²) < 4.78 is 30.1. The first kappa shape index (κ1) is 34.0. The fraction of sp³-hybridized carbons (Fsp3) is 0.257. The zero-order chi connectivity index (χ0) is 32.7. The van der Waals surface area contributed by atoms with Crippen LogP contribution in [-0.2, 0) is 32.6 Å². The minimum Gasteiger partial charge on any atom is -0.352 e. The van der Waals surface area contributed by atoms with Crippen molar-refractivity contribution in [3.05, 3.63) is 129 Å². The number of hydrogen-bond donors (Lipinski definition) is 1. The summed E-state index contributed by atoms with van der Waals surface area (Å²) in [6.45, 7) is -0.552. The molecule has 5 rings (SSSR count). The highest BCUT2D eigenvalue weighted by atomic mass is 79.9. The van der Waals surface area contributed by atoms with Crippen molar-refractivity contribution in [3.63, 3.8) is 0 Å². The van der Waals surface area contributed by atoms with E-state index in [1.165, 1.54) is 29.2 Å². The van der Waals surface area contributed by atoms with Gasteiger partial charge >= 0.3 is 0 Å². The minimum atomic E-state index is -4.29. The summed E-state index contributed by atoms with van der Waals surface area (Å²) in [5.74, 6) is -0.851. The predicted molar refractivity (Wildman–Crippen MR) is 186 cm³/mol. The quantitative estimate of drug-likeness (QED) is 0.162. The number of sulfonamides is 1. The van der Waals surface area contributed by atoms with Crippen molar-refractivity contribution in [1.29, 1.82) is 0 Å². The van der Waals surface area contributed by atoms with E-state index in [-0.39, 0.29) is 45.5 Å². The van der Waals surface area contributed by atoms with Crippen LogP contribution >= 0.6 is 39.1 Å². The molecule has 46 heavy (non-hydrogen) atoms. The van der Waals surface area contributed by atoms with E-state index in [9.17, 15) is 18.0 Å². The number of nitrogens with one attached hydrogen (secondary N) is 1.